The number of hydrogen-bond donors (Lipinski definition) is 1. The molecule has 5 heteroatoms. The topological polar surface area (TPSA) is 72.6 Å². The van der Waals surface area contributed by atoms with E-state index < -0.39 is 11.0 Å². The van der Waals surface area contributed by atoms with E-state index in [0.29, 0.717) is 23.5 Å². The second kappa shape index (κ2) is 6.37. The molecule has 2 aromatic rings. The molecule has 0 spiro atoms. The first-order valence-corrected chi connectivity index (χ1v) is 6.72. The average molecular weight is 287 g/mol. The Bertz CT molecular complexity index is 654. The summed E-state index contributed by atoms with van der Waals surface area (Å²) < 4.78 is 5.79. The van der Waals surface area contributed by atoms with E-state index in [1.165, 1.54) is 12.1 Å². The number of rotatable bonds is 5. The third kappa shape index (κ3) is 3.38. The van der Waals surface area contributed by atoms with Gasteiger partial charge in [-0.15, -0.1) is 0 Å². The lowest BCUT2D eigenvalue weighted by Gasteiger charge is -2.15. The van der Waals surface area contributed by atoms with Gasteiger partial charge in [-0.25, -0.2) is 0 Å². The van der Waals surface area contributed by atoms with Crippen molar-refractivity contribution in [2.24, 2.45) is 0 Å². The zero-order valence-electron chi connectivity index (χ0n) is 11.9. The normalized spacial score (nSPS) is 12.0. The summed E-state index contributed by atoms with van der Waals surface area (Å²) in [6, 6.07) is 11.6. The van der Waals surface area contributed by atoms with Gasteiger partial charge in [0.2, 0.25) is 0 Å². The minimum Gasteiger partial charge on any atom is -0.456 e. The molecule has 0 saturated heterocycles. The molecule has 0 saturated carbocycles. The van der Waals surface area contributed by atoms with Gasteiger partial charge in [0, 0.05) is 11.6 Å². The number of aliphatic hydroxyl groups excluding tert-OH is 1. The molecule has 1 N–H and O–H groups in total. The first-order valence-electron chi connectivity index (χ1n) is 6.72. The lowest BCUT2D eigenvalue weighted by molar-refractivity contribution is -0.384. The monoisotopic (exact) mass is 287 g/mol. The molecule has 1 atom stereocenters. The number of non-ortho nitro benzene ring substituents is 1. The quantitative estimate of drug-likeness (QED) is 0.662. The Hall–Kier alpha value is -2.40. The number of nitro benzene ring substituents is 1. The summed E-state index contributed by atoms with van der Waals surface area (Å²) in [4.78, 5) is 10.4. The second-order valence-corrected chi connectivity index (χ2v) is 4.77. The van der Waals surface area contributed by atoms with Gasteiger partial charge in [-0.2, -0.15) is 0 Å². The molecule has 0 amide bonds. The Morgan fingerprint density at radius 2 is 1.95 bits per heavy atom. The summed E-state index contributed by atoms with van der Waals surface area (Å²) in [6.07, 6.45) is -0.0610. The molecule has 0 aliphatic heterocycles. The zero-order chi connectivity index (χ0) is 15.4. The zero-order valence-corrected chi connectivity index (χ0v) is 11.9. The maximum atomic E-state index is 10.8. The number of nitro groups is 1. The van der Waals surface area contributed by atoms with Crippen LogP contribution >= 0.6 is 0 Å². The first-order chi connectivity index (χ1) is 10.0. The fourth-order valence-electron chi connectivity index (χ4n) is 2.00. The summed E-state index contributed by atoms with van der Waals surface area (Å²) in [6.45, 7) is 3.69. The van der Waals surface area contributed by atoms with Gasteiger partial charge < -0.3 is 9.84 Å². The van der Waals surface area contributed by atoms with Crippen molar-refractivity contribution in [1.29, 1.82) is 0 Å². The van der Waals surface area contributed by atoms with Gasteiger partial charge in [0.15, 0.2) is 0 Å². The van der Waals surface area contributed by atoms with E-state index in [1.54, 1.807) is 24.3 Å². The van der Waals surface area contributed by atoms with Gasteiger partial charge in [-0.1, -0.05) is 25.1 Å². The van der Waals surface area contributed by atoms with E-state index in [2.05, 4.69) is 0 Å². The van der Waals surface area contributed by atoms with Crippen LogP contribution in [0.4, 0.5) is 5.69 Å². The lowest BCUT2D eigenvalue weighted by atomic mass is 10.1. The van der Waals surface area contributed by atoms with Crippen LogP contribution in [-0.4, -0.2) is 10.0 Å². The predicted molar refractivity (Wildman–Crippen MR) is 79.6 cm³/mol. The number of aliphatic hydroxyl groups is 1. The van der Waals surface area contributed by atoms with E-state index in [9.17, 15) is 15.2 Å². The van der Waals surface area contributed by atoms with Crippen LogP contribution in [0, 0.1) is 17.0 Å². The van der Waals surface area contributed by atoms with Crippen molar-refractivity contribution < 1.29 is 14.8 Å². The molecule has 0 bridgehead atoms. The van der Waals surface area contributed by atoms with Gasteiger partial charge in [0.05, 0.1) is 17.1 Å². The summed E-state index contributed by atoms with van der Waals surface area (Å²) in [5.74, 6) is 0.926. The summed E-state index contributed by atoms with van der Waals surface area (Å²) in [5.41, 5.74) is 1.44. The minimum atomic E-state index is -0.625. The van der Waals surface area contributed by atoms with Gasteiger partial charge in [-0.3, -0.25) is 10.1 Å². The molecule has 0 aliphatic rings. The van der Waals surface area contributed by atoms with Gasteiger partial charge in [0.1, 0.15) is 11.5 Å². The average Bonchev–Trinajstić information content (AvgIpc) is 2.49. The SMILES string of the molecule is CC[C@H](O)c1ccccc1Oc1cc([N+](=O)[O-])ccc1C. The van der Waals surface area contributed by atoms with Crippen molar-refractivity contribution in [2.75, 3.05) is 0 Å². The highest BCUT2D eigenvalue weighted by molar-refractivity contribution is 5.47. The van der Waals surface area contributed by atoms with E-state index in [-0.39, 0.29) is 5.69 Å². The van der Waals surface area contributed by atoms with Crippen molar-refractivity contribution >= 4 is 5.69 Å². The molecule has 21 heavy (non-hydrogen) atoms. The second-order valence-electron chi connectivity index (χ2n) is 4.77. The van der Waals surface area contributed by atoms with Crippen molar-refractivity contribution in [3.8, 4) is 11.5 Å². The van der Waals surface area contributed by atoms with Gasteiger partial charge >= 0.3 is 0 Å². The third-order valence-corrected chi connectivity index (χ3v) is 3.27. The van der Waals surface area contributed by atoms with E-state index in [1.807, 2.05) is 19.9 Å². The smallest absolute Gasteiger partial charge is 0.273 e. The third-order valence-electron chi connectivity index (χ3n) is 3.27. The van der Waals surface area contributed by atoms with Crippen LogP contribution in [-0.2, 0) is 0 Å². The Morgan fingerprint density at radius 3 is 2.62 bits per heavy atom. The number of aryl methyl sites for hydroxylation is 1. The lowest BCUT2D eigenvalue weighted by Crippen LogP contribution is -1.99. The predicted octanol–water partition coefficient (Wildman–Crippen LogP) is 4.14. The standard InChI is InChI=1S/C16H17NO4/c1-3-14(18)13-6-4-5-7-15(13)21-16-10-12(17(19)20)9-8-11(16)2/h4-10,14,18H,3H2,1-2H3/t14-/m0/s1. The van der Waals surface area contributed by atoms with Crippen LogP contribution in [0.2, 0.25) is 0 Å². The van der Waals surface area contributed by atoms with Gasteiger partial charge in [-0.05, 0) is 31.0 Å². The Morgan fingerprint density at radius 1 is 1.24 bits per heavy atom. The molecule has 0 fully saturated rings. The van der Waals surface area contributed by atoms with Crippen molar-refractivity contribution in [3.05, 3.63) is 63.7 Å². The molecular formula is C16H17NO4. The Labute approximate surface area is 123 Å². The molecular weight excluding hydrogens is 270 g/mol. The van der Waals surface area contributed by atoms with Crippen LogP contribution in [0.25, 0.3) is 0 Å². The molecule has 0 heterocycles. The highest BCUT2D eigenvalue weighted by atomic mass is 16.6. The highest BCUT2D eigenvalue weighted by Gasteiger charge is 2.15. The molecule has 0 unspecified atom stereocenters. The maximum Gasteiger partial charge on any atom is 0.273 e. The van der Waals surface area contributed by atoms with Crippen LogP contribution in [0.1, 0.15) is 30.6 Å². The number of ether oxygens (including phenoxy) is 1. The van der Waals surface area contributed by atoms with E-state index >= 15 is 0 Å². The number of benzene rings is 2. The summed E-state index contributed by atoms with van der Waals surface area (Å²) >= 11 is 0. The van der Waals surface area contributed by atoms with E-state index in [0.717, 1.165) is 5.56 Å². The van der Waals surface area contributed by atoms with Crippen LogP contribution in [0.5, 0.6) is 11.5 Å². The Balaban J connectivity index is 2.38. The number of hydrogen-bond acceptors (Lipinski definition) is 4. The number of nitrogens with zero attached hydrogens (tertiary/aromatic N) is 1. The van der Waals surface area contributed by atoms with Crippen molar-refractivity contribution in [3.63, 3.8) is 0 Å². The van der Waals surface area contributed by atoms with Gasteiger partial charge in [0.25, 0.3) is 5.69 Å². The Kier molecular flexibility index (Phi) is 4.55. The summed E-state index contributed by atoms with van der Waals surface area (Å²) in [5, 5.41) is 20.9. The highest BCUT2D eigenvalue weighted by Crippen LogP contribution is 2.33. The molecule has 5 nitrogen and oxygen atoms in total. The summed E-state index contributed by atoms with van der Waals surface area (Å²) in [7, 11) is 0. The van der Waals surface area contributed by atoms with Crippen LogP contribution in [0.15, 0.2) is 42.5 Å². The number of para-hydroxylation sites is 1. The molecule has 2 aromatic carbocycles. The molecule has 2 rings (SSSR count). The first kappa shape index (κ1) is 15.0. The fourth-order valence-corrected chi connectivity index (χ4v) is 2.00. The van der Waals surface area contributed by atoms with Crippen molar-refractivity contribution in [1.82, 2.24) is 0 Å². The molecule has 0 aliphatic carbocycles. The van der Waals surface area contributed by atoms with Crippen LogP contribution in [0.3, 0.4) is 0 Å². The largest absolute Gasteiger partial charge is 0.456 e. The maximum absolute atomic E-state index is 10.8. The minimum absolute atomic E-state index is 0.0240. The molecule has 110 valence electrons. The molecule has 0 aromatic heterocycles. The van der Waals surface area contributed by atoms with Crippen LogP contribution < -0.4 is 4.74 Å². The molecule has 0 radical (unpaired) electrons. The van der Waals surface area contributed by atoms with E-state index in [4.69, 9.17) is 4.74 Å². The van der Waals surface area contributed by atoms with Crippen molar-refractivity contribution in [2.45, 2.75) is 26.4 Å². The fraction of sp³-hybridized carbons (Fsp3) is 0.250.